The van der Waals surface area contributed by atoms with Gasteiger partial charge >= 0.3 is 0 Å². The average molecular weight is 325 g/mol. The summed E-state index contributed by atoms with van der Waals surface area (Å²) in [6.07, 6.45) is 4.88. The lowest BCUT2D eigenvalue weighted by Crippen LogP contribution is -2.31. The third-order valence-electron chi connectivity index (χ3n) is 3.16. The van der Waals surface area contributed by atoms with Crippen molar-refractivity contribution >= 4 is 29.3 Å². The van der Waals surface area contributed by atoms with Crippen LogP contribution in [0.5, 0.6) is 0 Å². The molecule has 0 saturated heterocycles. The molecular formula is C16H21ClN2O3. The van der Waals surface area contributed by atoms with E-state index in [-0.39, 0.29) is 22.7 Å². The van der Waals surface area contributed by atoms with Gasteiger partial charge in [-0.05, 0) is 43.4 Å². The van der Waals surface area contributed by atoms with Gasteiger partial charge in [0.15, 0.2) is 0 Å². The van der Waals surface area contributed by atoms with E-state index >= 15 is 0 Å². The zero-order valence-electron chi connectivity index (χ0n) is 13.0. The maximum Gasteiger partial charge on any atom is 0.288 e. The summed E-state index contributed by atoms with van der Waals surface area (Å²) >= 11 is 5.74. The van der Waals surface area contributed by atoms with E-state index in [1.807, 2.05) is 6.92 Å². The van der Waals surface area contributed by atoms with Gasteiger partial charge in [-0.1, -0.05) is 31.5 Å². The van der Waals surface area contributed by atoms with Gasteiger partial charge in [-0.15, -0.1) is 0 Å². The van der Waals surface area contributed by atoms with E-state index in [0.717, 1.165) is 12.8 Å². The van der Waals surface area contributed by atoms with Gasteiger partial charge in [-0.2, -0.15) is 0 Å². The number of nitro benzene ring substituents is 1. The van der Waals surface area contributed by atoms with Gasteiger partial charge in [0, 0.05) is 18.2 Å². The first-order valence-corrected chi connectivity index (χ1v) is 7.60. The third kappa shape index (κ3) is 6.26. The third-order valence-corrected chi connectivity index (χ3v) is 3.48. The highest BCUT2D eigenvalue weighted by Crippen LogP contribution is 2.25. The zero-order valence-corrected chi connectivity index (χ0v) is 13.8. The molecule has 1 aromatic carbocycles. The van der Waals surface area contributed by atoms with Gasteiger partial charge < -0.3 is 5.32 Å². The largest absolute Gasteiger partial charge is 0.350 e. The molecule has 1 amide bonds. The lowest BCUT2D eigenvalue weighted by Gasteiger charge is -2.13. The number of halogens is 1. The van der Waals surface area contributed by atoms with E-state index in [0.29, 0.717) is 11.5 Å². The van der Waals surface area contributed by atoms with Crippen LogP contribution in [0.4, 0.5) is 5.69 Å². The molecule has 1 unspecified atom stereocenters. The van der Waals surface area contributed by atoms with Crippen molar-refractivity contribution < 1.29 is 9.72 Å². The topological polar surface area (TPSA) is 72.2 Å². The number of carbonyl (C=O) groups is 1. The van der Waals surface area contributed by atoms with Gasteiger partial charge in [-0.25, -0.2) is 0 Å². The first-order chi connectivity index (χ1) is 10.3. The maximum absolute atomic E-state index is 11.8. The first-order valence-electron chi connectivity index (χ1n) is 7.22. The quantitative estimate of drug-likeness (QED) is 0.464. The van der Waals surface area contributed by atoms with Crippen molar-refractivity contribution in [2.75, 3.05) is 0 Å². The van der Waals surface area contributed by atoms with E-state index in [9.17, 15) is 14.9 Å². The van der Waals surface area contributed by atoms with Gasteiger partial charge in [-0.3, -0.25) is 14.9 Å². The van der Waals surface area contributed by atoms with Crippen LogP contribution in [0.25, 0.3) is 6.08 Å². The van der Waals surface area contributed by atoms with Gasteiger partial charge in [0.05, 0.1) is 4.92 Å². The summed E-state index contributed by atoms with van der Waals surface area (Å²) in [7, 11) is 0. The Morgan fingerprint density at radius 1 is 1.36 bits per heavy atom. The van der Waals surface area contributed by atoms with Crippen LogP contribution in [0.3, 0.4) is 0 Å². The van der Waals surface area contributed by atoms with Crippen molar-refractivity contribution in [2.45, 2.75) is 39.7 Å². The van der Waals surface area contributed by atoms with E-state index in [2.05, 4.69) is 19.2 Å². The second-order valence-corrected chi connectivity index (χ2v) is 6.09. The number of nitrogens with zero attached hydrogens (tertiary/aromatic N) is 1. The predicted molar refractivity (Wildman–Crippen MR) is 88.8 cm³/mol. The molecule has 1 atom stereocenters. The minimum absolute atomic E-state index is 0.0777. The summed E-state index contributed by atoms with van der Waals surface area (Å²) in [4.78, 5) is 22.1. The number of rotatable bonds is 7. The minimum atomic E-state index is -0.548. The Labute approximate surface area is 135 Å². The summed E-state index contributed by atoms with van der Waals surface area (Å²) in [5, 5.41) is 13.7. The SMILES string of the molecule is CC(C)CCC(C)NC(=O)/C=C/c1ccc(Cl)c([N+](=O)[O-])c1. The lowest BCUT2D eigenvalue weighted by molar-refractivity contribution is -0.384. The van der Waals surface area contributed by atoms with Gasteiger partial charge in [0.1, 0.15) is 5.02 Å². The minimum Gasteiger partial charge on any atom is -0.350 e. The maximum atomic E-state index is 11.8. The molecule has 120 valence electrons. The van der Waals surface area contributed by atoms with Crippen LogP contribution in [0.1, 0.15) is 39.2 Å². The van der Waals surface area contributed by atoms with Crippen LogP contribution in [-0.4, -0.2) is 16.9 Å². The zero-order chi connectivity index (χ0) is 16.7. The summed E-state index contributed by atoms with van der Waals surface area (Å²) < 4.78 is 0. The molecule has 0 aliphatic rings. The first kappa shape index (κ1) is 18.2. The van der Waals surface area contributed by atoms with Crippen LogP contribution < -0.4 is 5.32 Å². The molecule has 6 heteroatoms. The molecule has 5 nitrogen and oxygen atoms in total. The fourth-order valence-corrected chi connectivity index (χ4v) is 2.08. The van der Waals surface area contributed by atoms with Crippen LogP contribution in [-0.2, 0) is 4.79 Å². The lowest BCUT2D eigenvalue weighted by atomic mass is 10.0. The fourth-order valence-electron chi connectivity index (χ4n) is 1.89. The number of nitrogens with one attached hydrogen (secondary N) is 1. The van der Waals surface area contributed by atoms with E-state index in [1.54, 1.807) is 6.07 Å². The van der Waals surface area contributed by atoms with E-state index in [4.69, 9.17) is 11.6 Å². The molecule has 0 aliphatic heterocycles. The highest BCUT2D eigenvalue weighted by molar-refractivity contribution is 6.32. The number of carbonyl (C=O) groups excluding carboxylic acids is 1. The van der Waals surface area contributed by atoms with E-state index < -0.39 is 4.92 Å². The molecule has 1 aromatic rings. The smallest absolute Gasteiger partial charge is 0.288 e. The number of hydrogen-bond donors (Lipinski definition) is 1. The molecule has 0 aromatic heterocycles. The highest BCUT2D eigenvalue weighted by Gasteiger charge is 2.12. The highest BCUT2D eigenvalue weighted by atomic mass is 35.5. The normalized spacial score (nSPS) is 12.6. The molecule has 0 saturated carbocycles. The molecule has 1 N–H and O–H groups in total. The molecule has 0 spiro atoms. The number of hydrogen-bond acceptors (Lipinski definition) is 3. The van der Waals surface area contributed by atoms with Crippen molar-refractivity contribution in [3.8, 4) is 0 Å². The standard InChI is InChI=1S/C16H21ClN2O3/c1-11(2)4-5-12(3)18-16(20)9-7-13-6-8-14(17)15(10-13)19(21)22/h6-12H,4-5H2,1-3H3,(H,18,20)/b9-7+. The van der Waals surface area contributed by atoms with Crippen molar-refractivity contribution in [1.29, 1.82) is 0 Å². The van der Waals surface area contributed by atoms with Crippen molar-refractivity contribution in [2.24, 2.45) is 5.92 Å². The fraction of sp³-hybridized carbons (Fsp3) is 0.438. The number of amides is 1. The Morgan fingerprint density at radius 2 is 2.05 bits per heavy atom. The van der Waals surface area contributed by atoms with Crippen LogP contribution in [0.2, 0.25) is 5.02 Å². The van der Waals surface area contributed by atoms with Crippen molar-refractivity contribution in [3.63, 3.8) is 0 Å². The molecule has 0 radical (unpaired) electrons. The van der Waals surface area contributed by atoms with E-state index in [1.165, 1.54) is 24.3 Å². The summed E-state index contributed by atoms with van der Waals surface area (Å²) in [6, 6.07) is 4.51. The molecule has 0 fully saturated rings. The Balaban J connectivity index is 2.62. The molecule has 0 heterocycles. The molecule has 1 rings (SSSR count). The van der Waals surface area contributed by atoms with Crippen LogP contribution in [0, 0.1) is 16.0 Å². The second kappa shape index (κ2) is 8.54. The number of benzene rings is 1. The predicted octanol–water partition coefficient (Wildman–Crippen LogP) is 4.20. The van der Waals surface area contributed by atoms with Gasteiger partial charge in [0.2, 0.25) is 5.91 Å². The monoisotopic (exact) mass is 324 g/mol. The second-order valence-electron chi connectivity index (χ2n) is 5.68. The molecule has 0 bridgehead atoms. The Morgan fingerprint density at radius 3 is 2.64 bits per heavy atom. The molecule has 22 heavy (non-hydrogen) atoms. The summed E-state index contributed by atoms with van der Waals surface area (Å²) in [5.74, 6) is 0.387. The Bertz CT molecular complexity index is 571. The number of nitro groups is 1. The molecule has 0 aliphatic carbocycles. The Hall–Kier alpha value is -1.88. The van der Waals surface area contributed by atoms with Gasteiger partial charge in [0.25, 0.3) is 5.69 Å². The summed E-state index contributed by atoms with van der Waals surface area (Å²) in [6.45, 7) is 6.24. The van der Waals surface area contributed by atoms with Crippen LogP contribution in [0.15, 0.2) is 24.3 Å². The van der Waals surface area contributed by atoms with Crippen molar-refractivity contribution in [1.82, 2.24) is 5.32 Å². The molecular weight excluding hydrogens is 304 g/mol. The average Bonchev–Trinajstić information content (AvgIpc) is 2.44. The van der Waals surface area contributed by atoms with Crippen molar-refractivity contribution in [3.05, 3.63) is 45.0 Å². The Kier molecular flexibility index (Phi) is 7.05. The summed E-state index contributed by atoms with van der Waals surface area (Å²) in [5.41, 5.74) is 0.385. The van der Waals surface area contributed by atoms with Crippen LogP contribution >= 0.6 is 11.6 Å².